The third kappa shape index (κ3) is 5.50. The Labute approximate surface area is 192 Å². The fourth-order valence-corrected chi connectivity index (χ4v) is 4.40. The minimum Gasteiger partial charge on any atom is -0.492 e. The number of ether oxygens (including phenoxy) is 1. The van der Waals surface area contributed by atoms with Gasteiger partial charge < -0.3 is 19.5 Å². The molecular formula is C25H29FN4O3. The van der Waals surface area contributed by atoms with Crippen LogP contribution in [0.3, 0.4) is 0 Å². The van der Waals surface area contributed by atoms with E-state index in [4.69, 9.17) is 9.26 Å². The first-order chi connectivity index (χ1) is 16.2. The lowest BCUT2D eigenvalue weighted by molar-refractivity contribution is 0.0950. The van der Waals surface area contributed by atoms with Gasteiger partial charge >= 0.3 is 0 Å². The normalized spacial score (nSPS) is 17.4. The van der Waals surface area contributed by atoms with Crippen molar-refractivity contribution in [2.45, 2.75) is 50.5 Å². The summed E-state index contributed by atoms with van der Waals surface area (Å²) in [7, 11) is 0. The van der Waals surface area contributed by atoms with Crippen molar-refractivity contribution in [3.8, 4) is 5.75 Å². The monoisotopic (exact) mass is 452 g/mol. The minimum atomic E-state index is -0.299. The summed E-state index contributed by atoms with van der Waals surface area (Å²) in [6.07, 6.45) is 9.39. The van der Waals surface area contributed by atoms with Gasteiger partial charge in [-0.1, -0.05) is 5.16 Å². The van der Waals surface area contributed by atoms with Crippen LogP contribution < -0.4 is 10.1 Å². The van der Waals surface area contributed by atoms with Crippen molar-refractivity contribution in [1.29, 1.82) is 0 Å². The molecule has 2 fully saturated rings. The summed E-state index contributed by atoms with van der Waals surface area (Å²) in [6, 6.07) is 6.73. The highest BCUT2D eigenvalue weighted by Gasteiger charge is 2.25. The zero-order valence-corrected chi connectivity index (χ0v) is 18.6. The Kier molecular flexibility index (Phi) is 6.53. The second-order valence-corrected chi connectivity index (χ2v) is 9.04. The molecule has 0 spiro atoms. The number of rotatable bonds is 9. The van der Waals surface area contributed by atoms with E-state index in [-0.39, 0.29) is 11.7 Å². The van der Waals surface area contributed by atoms with Gasteiger partial charge in [0.15, 0.2) is 5.58 Å². The third-order valence-electron chi connectivity index (χ3n) is 6.46. The maximum Gasteiger partial charge on any atom is 0.253 e. The molecule has 1 saturated heterocycles. The van der Waals surface area contributed by atoms with Gasteiger partial charge in [0.25, 0.3) is 5.91 Å². The van der Waals surface area contributed by atoms with E-state index in [0.29, 0.717) is 35.5 Å². The lowest BCUT2D eigenvalue weighted by Crippen LogP contribution is -2.34. The van der Waals surface area contributed by atoms with Crippen LogP contribution in [0.5, 0.6) is 5.75 Å². The molecule has 0 unspecified atom stereocenters. The van der Waals surface area contributed by atoms with Crippen molar-refractivity contribution in [3.63, 3.8) is 0 Å². The molecule has 2 aromatic heterocycles. The van der Waals surface area contributed by atoms with E-state index in [1.54, 1.807) is 24.5 Å². The molecule has 0 radical (unpaired) electrons. The van der Waals surface area contributed by atoms with Gasteiger partial charge in [-0.05, 0) is 76.4 Å². The van der Waals surface area contributed by atoms with E-state index in [2.05, 4.69) is 20.4 Å². The molecule has 33 heavy (non-hydrogen) atoms. The van der Waals surface area contributed by atoms with Gasteiger partial charge in [0.1, 0.15) is 11.6 Å². The quantitative estimate of drug-likeness (QED) is 0.488. The summed E-state index contributed by atoms with van der Waals surface area (Å²) in [6.45, 7) is 3.67. The van der Waals surface area contributed by atoms with Crippen LogP contribution in [0.4, 0.5) is 4.39 Å². The zero-order valence-electron chi connectivity index (χ0n) is 18.6. The summed E-state index contributed by atoms with van der Waals surface area (Å²) in [5.74, 6) is 0.615. The van der Waals surface area contributed by atoms with Crippen molar-refractivity contribution >= 4 is 16.9 Å². The largest absolute Gasteiger partial charge is 0.492 e. The number of carbonyl (C=O) groups excluding carboxylic acids is 1. The van der Waals surface area contributed by atoms with Gasteiger partial charge in [-0.2, -0.15) is 0 Å². The number of benzene rings is 1. The summed E-state index contributed by atoms with van der Waals surface area (Å²) < 4.78 is 24.5. The molecule has 2 aliphatic rings. The second-order valence-electron chi connectivity index (χ2n) is 9.04. The standard InChI is InChI=1S/C25H29FN4O3/c26-19-3-6-22-23(14-19)33-29-24(22)17-7-10-30(11-8-17)9-1-2-12-32-21-13-18(15-27-16-21)25(31)28-20-4-5-20/h3,6,13-17,20H,1-2,4-5,7-12H2,(H,28,31). The van der Waals surface area contributed by atoms with Crippen LogP contribution in [-0.2, 0) is 0 Å². The highest BCUT2D eigenvalue weighted by atomic mass is 19.1. The average molecular weight is 453 g/mol. The molecular weight excluding hydrogens is 423 g/mol. The molecule has 0 atom stereocenters. The van der Waals surface area contributed by atoms with Crippen LogP contribution in [0.25, 0.3) is 11.0 Å². The van der Waals surface area contributed by atoms with Crippen LogP contribution in [0, 0.1) is 5.82 Å². The van der Waals surface area contributed by atoms with Crippen LogP contribution in [0.1, 0.15) is 60.5 Å². The summed E-state index contributed by atoms with van der Waals surface area (Å²) in [4.78, 5) is 18.7. The Morgan fingerprint density at radius 1 is 1.15 bits per heavy atom. The number of unbranched alkanes of at least 4 members (excludes halogenated alkanes) is 1. The van der Waals surface area contributed by atoms with E-state index >= 15 is 0 Å². The molecule has 174 valence electrons. The van der Waals surface area contributed by atoms with Crippen LogP contribution >= 0.6 is 0 Å². The van der Waals surface area contributed by atoms with Gasteiger partial charge in [-0.25, -0.2) is 4.39 Å². The third-order valence-corrected chi connectivity index (χ3v) is 6.46. The van der Waals surface area contributed by atoms with Gasteiger partial charge in [-0.3, -0.25) is 9.78 Å². The molecule has 7 nitrogen and oxygen atoms in total. The number of fused-ring (bicyclic) bond motifs is 1. The number of pyridine rings is 1. The van der Waals surface area contributed by atoms with E-state index in [0.717, 1.165) is 69.2 Å². The predicted octanol–water partition coefficient (Wildman–Crippen LogP) is 4.29. The molecule has 1 amide bonds. The maximum absolute atomic E-state index is 13.4. The Bertz CT molecular complexity index is 1110. The molecule has 1 aliphatic heterocycles. The van der Waals surface area contributed by atoms with Crippen molar-refractivity contribution in [3.05, 3.63) is 53.7 Å². The lowest BCUT2D eigenvalue weighted by atomic mass is 9.91. The second kappa shape index (κ2) is 9.87. The Morgan fingerprint density at radius 2 is 2.00 bits per heavy atom. The Hall–Kier alpha value is -3.00. The van der Waals surface area contributed by atoms with Gasteiger partial charge in [0.05, 0.1) is 24.1 Å². The number of piperidine rings is 1. The molecule has 3 aromatic rings. The van der Waals surface area contributed by atoms with Crippen LogP contribution in [-0.4, -0.2) is 53.2 Å². The number of nitrogens with one attached hydrogen (secondary N) is 1. The number of carbonyl (C=O) groups is 1. The van der Waals surface area contributed by atoms with Crippen molar-refractivity contribution in [1.82, 2.24) is 20.4 Å². The number of hydrogen-bond acceptors (Lipinski definition) is 6. The molecule has 5 rings (SSSR count). The molecule has 8 heteroatoms. The van der Waals surface area contributed by atoms with E-state index in [1.165, 1.54) is 12.1 Å². The number of nitrogens with zero attached hydrogens (tertiary/aromatic N) is 3. The Morgan fingerprint density at radius 3 is 2.82 bits per heavy atom. The number of hydrogen-bond donors (Lipinski definition) is 1. The van der Waals surface area contributed by atoms with Gasteiger partial charge in [0.2, 0.25) is 0 Å². The summed E-state index contributed by atoms with van der Waals surface area (Å²) >= 11 is 0. The predicted molar refractivity (Wildman–Crippen MR) is 122 cm³/mol. The molecule has 1 aromatic carbocycles. The van der Waals surface area contributed by atoms with Gasteiger partial charge in [0, 0.05) is 29.6 Å². The van der Waals surface area contributed by atoms with Crippen molar-refractivity contribution in [2.24, 2.45) is 0 Å². The zero-order chi connectivity index (χ0) is 22.6. The fourth-order valence-electron chi connectivity index (χ4n) is 4.40. The first-order valence-corrected chi connectivity index (χ1v) is 11.8. The molecule has 1 aliphatic carbocycles. The number of likely N-dealkylation sites (tertiary alicyclic amines) is 1. The molecule has 1 N–H and O–H groups in total. The molecule has 3 heterocycles. The first-order valence-electron chi connectivity index (χ1n) is 11.8. The number of halogens is 1. The van der Waals surface area contributed by atoms with Crippen molar-refractivity contribution in [2.75, 3.05) is 26.2 Å². The summed E-state index contributed by atoms with van der Waals surface area (Å²) in [5, 5.41) is 8.12. The van der Waals surface area contributed by atoms with E-state index < -0.39 is 0 Å². The van der Waals surface area contributed by atoms with Gasteiger partial charge in [-0.15, -0.1) is 0 Å². The SMILES string of the molecule is O=C(NC1CC1)c1cncc(OCCCCN2CCC(c3noc4cc(F)ccc34)CC2)c1. The highest BCUT2D eigenvalue weighted by molar-refractivity contribution is 5.94. The molecule has 1 saturated carbocycles. The highest BCUT2D eigenvalue weighted by Crippen LogP contribution is 2.32. The van der Waals surface area contributed by atoms with Crippen LogP contribution in [0.15, 0.2) is 41.2 Å². The fraction of sp³-hybridized carbons (Fsp3) is 0.480. The smallest absolute Gasteiger partial charge is 0.253 e. The summed E-state index contributed by atoms with van der Waals surface area (Å²) in [5.41, 5.74) is 2.03. The number of aromatic nitrogens is 2. The topological polar surface area (TPSA) is 80.5 Å². The van der Waals surface area contributed by atoms with E-state index in [1.807, 2.05) is 0 Å². The Balaban J connectivity index is 1.02. The van der Waals surface area contributed by atoms with E-state index in [9.17, 15) is 9.18 Å². The number of amides is 1. The lowest BCUT2D eigenvalue weighted by Gasteiger charge is -2.31. The van der Waals surface area contributed by atoms with Crippen LogP contribution in [0.2, 0.25) is 0 Å². The average Bonchev–Trinajstić information content (AvgIpc) is 3.55. The maximum atomic E-state index is 13.4. The molecule has 0 bridgehead atoms. The minimum absolute atomic E-state index is 0.0790. The van der Waals surface area contributed by atoms with Crippen molar-refractivity contribution < 1.29 is 18.4 Å². The first kappa shape index (κ1) is 21.8.